The highest BCUT2D eigenvalue weighted by atomic mass is 35.5. The van der Waals surface area contributed by atoms with E-state index < -0.39 is 5.82 Å². The van der Waals surface area contributed by atoms with E-state index in [2.05, 4.69) is 4.98 Å². The van der Waals surface area contributed by atoms with Gasteiger partial charge in [-0.2, -0.15) is 0 Å². The molecule has 3 heteroatoms. The summed E-state index contributed by atoms with van der Waals surface area (Å²) < 4.78 is 12.9. The predicted molar refractivity (Wildman–Crippen MR) is 47.9 cm³/mol. The van der Waals surface area contributed by atoms with Gasteiger partial charge in [0.15, 0.2) is 0 Å². The lowest BCUT2D eigenvalue weighted by atomic mass is 9.91. The number of aromatic nitrogens is 1. The molecule has 0 amide bonds. The number of halogens is 2. The Kier molecular flexibility index (Phi) is 2.38. The first-order chi connectivity index (χ1) is 5.43. The van der Waals surface area contributed by atoms with E-state index in [9.17, 15) is 4.39 Å². The van der Waals surface area contributed by atoms with Crippen LogP contribution < -0.4 is 0 Å². The second-order valence-electron chi connectivity index (χ2n) is 3.71. The van der Waals surface area contributed by atoms with Crippen molar-refractivity contribution in [3.63, 3.8) is 0 Å². The van der Waals surface area contributed by atoms with Gasteiger partial charge in [0.2, 0.25) is 0 Å². The molecule has 0 aromatic carbocycles. The predicted octanol–water partition coefficient (Wildman–Crippen LogP) is 3.17. The molecule has 0 radical (unpaired) electrons. The molecule has 66 valence electrons. The molecule has 0 spiro atoms. The van der Waals surface area contributed by atoms with Gasteiger partial charge in [-0.15, -0.1) is 0 Å². The average Bonchev–Trinajstić information content (AvgIpc) is 1.92. The minimum absolute atomic E-state index is 0.130. The largest absolute Gasteiger partial charge is 0.259 e. The molecule has 1 heterocycles. The maximum absolute atomic E-state index is 12.9. The van der Waals surface area contributed by atoms with Crippen LogP contribution in [0.1, 0.15) is 26.5 Å². The molecule has 0 N–H and O–H groups in total. The van der Waals surface area contributed by atoms with Crippen molar-refractivity contribution < 1.29 is 4.39 Å². The van der Waals surface area contributed by atoms with Gasteiger partial charge in [0, 0.05) is 11.6 Å². The molecule has 1 rings (SSSR count). The number of hydrogen-bond donors (Lipinski definition) is 0. The van der Waals surface area contributed by atoms with E-state index in [1.807, 2.05) is 20.8 Å². The van der Waals surface area contributed by atoms with Crippen LogP contribution in [0.3, 0.4) is 0 Å². The third kappa shape index (κ3) is 1.75. The zero-order valence-electron chi connectivity index (χ0n) is 7.36. The van der Waals surface area contributed by atoms with Crippen LogP contribution in [-0.2, 0) is 5.41 Å². The Morgan fingerprint density at radius 2 is 2.00 bits per heavy atom. The topological polar surface area (TPSA) is 12.9 Å². The minimum atomic E-state index is -0.406. The summed E-state index contributed by atoms with van der Waals surface area (Å²) in [6.45, 7) is 5.84. The highest BCUT2D eigenvalue weighted by Gasteiger charge is 2.20. The normalized spacial score (nSPS) is 11.8. The van der Waals surface area contributed by atoms with Crippen LogP contribution in [0.5, 0.6) is 0 Å². The quantitative estimate of drug-likeness (QED) is 0.608. The Labute approximate surface area is 76.6 Å². The fourth-order valence-corrected chi connectivity index (χ4v) is 1.34. The van der Waals surface area contributed by atoms with E-state index in [1.54, 1.807) is 0 Å². The fraction of sp³-hybridized carbons (Fsp3) is 0.444. The lowest BCUT2D eigenvalue weighted by molar-refractivity contribution is 0.552. The maximum atomic E-state index is 12.9. The van der Waals surface area contributed by atoms with Crippen LogP contribution in [0.2, 0.25) is 5.02 Å². The van der Waals surface area contributed by atoms with Crippen molar-refractivity contribution in [3.05, 3.63) is 28.8 Å². The van der Waals surface area contributed by atoms with Crippen molar-refractivity contribution in [3.8, 4) is 0 Å². The average molecular weight is 188 g/mol. The van der Waals surface area contributed by atoms with Crippen molar-refractivity contribution in [2.75, 3.05) is 0 Å². The summed E-state index contributed by atoms with van der Waals surface area (Å²) in [5.74, 6) is -0.406. The van der Waals surface area contributed by atoms with Gasteiger partial charge < -0.3 is 0 Å². The van der Waals surface area contributed by atoms with Crippen molar-refractivity contribution in [1.29, 1.82) is 0 Å². The van der Waals surface area contributed by atoms with Crippen molar-refractivity contribution in [2.24, 2.45) is 0 Å². The highest BCUT2D eigenvalue weighted by Crippen LogP contribution is 2.28. The summed E-state index contributed by atoms with van der Waals surface area (Å²) in [6.07, 6.45) is 1.43. The fourth-order valence-electron chi connectivity index (χ4n) is 0.943. The molecule has 0 aliphatic rings. The Bertz CT molecular complexity index is 291. The molecular weight excluding hydrogens is 177 g/mol. The molecule has 0 atom stereocenters. The zero-order valence-corrected chi connectivity index (χ0v) is 8.11. The lowest BCUT2D eigenvalue weighted by Crippen LogP contribution is -2.14. The van der Waals surface area contributed by atoms with Crippen molar-refractivity contribution in [2.45, 2.75) is 26.2 Å². The Hall–Kier alpha value is -0.630. The lowest BCUT2D eigenvalue weighted by Gasteiger charge is -2.18. The van der Waals surface area contributed by atoms with Crippen LogP contribution in [-0.4, -0.2) is 4.98 Å². The third-order valence-corrected chi connectivity index (χ3v) is 1.91. The highest BCUT2D eigenvalue weighted by molar-refractivity contribution is 6.31. The van der Waals surface area contributed by atoms with E-state index in [0.717, 1.165) is 0 Å². The van der Waals surface area contributed by atoms with E-state index in [4.69, 9.17) is 11.6 Å². The van der Waals surface area contributed by atoms with Gasteiger partial charge in [0.1, 0.15) is 5.82 Å². The van der Waals surface area contributed by atoms with Gasteiger partial charge >= 0.3 is 0 Å². The Morgan fingerprint density at radius 1 is 1.42 bits per heavy atom. The van der Waals surface area contributed by atoms with E-state index >= 15 is 0 Å². The molecule has 0 unspecified atom stereocenters. The standard InChI is InChI=1S/C9H11ClFN/c1-9(2,3)8-7(10)6(11)4-5-12-8/h4-5H,1-3H3. The van der Waals surface area contributed by atoms with Gasteiger partial charge in [-0.25, -0.2) is 4.39 Å². The summed E-state index contributed by atoms with van der Waals surface area (Å²) in [4.78, 5) is 4.04. The second-order valence-corrected chi connectivity index (χ2v) is 4.08. The molecule has 1 aromatic heterocycles. The molecule has 1 nitrogen and oxygen atoms in total. The van der Waals surface area contributed by atoms with Crippen LogP contribution in [0.15, 0.2) is 12.3 Å². The molecule has 0 bridgehead atoms. The van der Waals surface area contributed by atoms with Crippen molar-refractivity contribution >= 4 is 11.6 Å². The molecule has 0 fully saturated rings. The first-order valence-corrected chi connectivity index (χ1v) is 4.11. The number of hydrogen-bond acceptors (Lipinski definition) is 1. The number of pyridine rings is 1. The molecule has 1 aromatic rings. The molecule has 12 heavy (non-hydrogen) atoms. The Balaban J connectivity index is 3.26. The van der Waals surface area contributed by atoms with Gasteiger partial charge in [0.25, 0.3) is 0 Å². The molecule has 0 aliphatic carbocycles. The maximum Gasteiger partial charge on any atom is 0.145 e. The minimum Gasteiger partial charge on any atom is -0.259 e. The zero-order chi connectivity index (χ0) is 9.35. The van der Waals surface area contributed by atoms with Gasteiger partial charge in [-0.3, -0.25) is 4.98 Å². The summed E-state index contributed by atoms with van der Waals surface area (Å²) in [5, 5.41) is 0.130. The first kappa shape index (κ1) is 9.46. The molecule has 0 saturated carbocycles. The van der Waals surface area contributed by atoms with E-state index in [1.165, 1.54) is 12.3 Å². The van der Waals surface area contributed by atoms with Gasteiger partial charge in [-0.1, -0.05) is 32.4 Å². The second kappa shape index (κ2) is 3.02. The first-order valence-electron chi connectivity index (χ1n) is 3.73. The summed E-state index contributed by atoms with van der Waals surface area (Å²) >= 11 is 5.74. The van der Waals surface area contributed by atoms with E-state index in [-0.39, 0.29) is 10.4 Å². The summed E-state index contributed by atoms with van der Waals surface area (Å²) in [7, 11) is 0. The SMILES string of the molecule is CC(C)(C)c1nccc(F)c1Cl. The number of nitrogens with zero attached hydrogens (tertiary/aromatic N) is 1. The van der Waals surface area contributed by atoms with Crippen LogP contribution >= 0.6 is 11.6 Å². The number of rotatable bonds is 0. The third-order valence-electron chi connectivity index (χ3n) is 1.55. The van der Waals surface area contributed by atoms with Crippen LogP contribution in [0.4, 0.5) is 4.39 Å². The smallest absolute Gasteiger partial charge is 0.145 e. The van der Waals surface area contributed by atoms with Crippen LogP contribution in [0, 0.1) is 5.82 Å². The molecular formula is C9H11ClFN. The summed E-state index contributed by atoms with van der Waals surface area (Å²) in [6, 6.07) is 1.26. The van der Waals surface area contributed by atoms with Gasteiger partial charge in [-0.05, 0) is 6.07 Å². The van der Waals surface area contributed by atoms with Gasteiger partial charge in [0.05, 0.1) is 10.7 Å². The molecule has 0 aliphatic heterocycles. The van der Waals surface area contributed by atoms with E-state index in [0.29, 0.717) is 5.69 Å². The van der Waals surface area contributed by atoms with Crippen LogP contribution in [0.25, 0.3) is 0 Å². The summed E-state index contributed by atoms with van der Waals surface area (Å²) in [5.41, 5.74) is 0.392. The Morgan fingerprint density at radius 3 is 2.42 bits per heavy atom. The monoisotopic (exact) mass is 187 g/mol. The molecule has 0 saturated heterocycles. The van der Waals surface area contributed by atoms with Crippen molar-refractivity contribution in [1.82, 2.24) is 4.98 Å².